The zero-order valence-corrected chi connectivity index (χ0v) is 9.95. The van der Waals surface area contributed by atoms with E-state index in [1.54, 1.807) is 0 Å². The van der Waals surface area contributed by atoms with E-state index in [4.69, 9.17) is 0 Å². The molecule has 1 saturated heterocycles. The molecule has 0 radical (unpaired) electrons. The summed E-state index contributed by atoms with van der Waals surface area (Å²) in [7, 11) is 0. The van der Waals surface area contributed by atoms with E-state index in [0.717, 1.165) is 32.0 Å². The maximum Gasteiger partial charge on any atom is 0.419 e. The first-order valence-electron chi connectivity index (χ1n) is 6.33. The van der Waals surface area contributed by atoms with Crippen LogP contribution in [0.2, 0.25) is 0 Å². The monoisotopic (exact) mass is 256 g/mol. The summed E-state index contributed by atoms with van der Waals surface area (Å²) in [6.45, 7) is 1.45. The Bertz CT molecular complexity index is 432. The molecule has 2 aliphatic rings. The summed E-state index contributed by atoms with van der Waals surface area (Å²) in [5.74, 6) is 1.24. The molecule has 0 bridgehead atoms. The lowest BCUT2D eigenvalue weighted by Gasteiger charge is -2.22. The third kappa shape index (κ3) is 1.95. The van der Waals surface area contributed by atoms with Gasteiger partial charge in [0.1, 0.15) is 5.82 Å². The number of anilines is 1. The summed E-state index contributed by atoms with van der Waals surface area (Å²) in [6, 6.07) is 2.47. The Morgan fingerprint density at radius 3 is 2.44 bits per heavy atom. The van der Waals surface area contributed by atoms with Crippen LogP contribution in [0.25, 0.3) is 0 Å². The topological polar surface area (TPSA) is 16.1 Å². The molecule has 1 aliphatic heterocycles. The van der Waals surface area contributed by atoms with Gasteiger partial charge in [0.15, 0.2) is 0 Å². The van der Waals surface area contributed by atoms with Crippen LogP contribution in [0.15, 0.2) is 18.3 Å². The normalized spacial score (nSPS) is 27.6. The molecule has 1 aromatic heterocycles. The van der Waals surface area contributed by atoms with Crippen molar-refractivity contribution in [3.63, 3.8) is 0 Å². The maximum absolute atomic E-state index is 12.9. The number of hydrogen-bond donors (Lipinski definition) is 0. The second kappa shape index (κ2) is 4.14. The quantitative estimate of drug-likeness (QED) is 0.766. The van der Waals surface area contributed by atoms with Gasteiger partial charge in [0, 0.05) is 19.3 Å². The number of aromatic nitrogens is 1. The highest BCUT2D eigenvalue weighted by Crippen LogP contribution is 2.42. The molecule has 0 amide bonds. The predicted octanol–water partition coefficient (Wildman–Crippen LogP) is 3.34. The van der Waals surface area contributed by atoms with Gasteiger partial charge in [-0.25, -0.2) is 4.98 Å². The molecule has 0 N–H and O–H groups in total. The lowest BCUT2D eigenvalue weighted by Crippen LogP contribution is -2.25. The number of nitrogens with zero attached hydrogens (tertiary/aromatic N) is 2. The summed E-state index contributed by atoms with van der Waals surface area (Å²) in [5.41, 5.74) is -0.607. The largest absolute Gasteiger partial charge is 0.419 e. The van der Waals surface area contributed by atoms with Crippen LogP contribution in [0, 0.1) is 11.8 Å². The van der Waals surface area contributed by atoms with Crippen molar-refractivity contribution in [2.24, 2.45) is 11.8 Å². The highest BCUT2D eigenvalue weighted by atomic mass is 19.4. The Morgan fingerprint density at radius 2 is 1.83 bits per heavy atom. The minimum Gasteiger partial charge on any atom is -0.356 e. The molecule has 2 unspecified atom stereocenters. The van der Waals surface area contributed by atoms with Gasteiger partial charge in [0.05, 0.1) is 5.56 Å². The molecule has 98 valence electrons. The van der Waals surface area contributed by atoms with Gasteiger partial charge in [-0.05, 0) is 36.8 Å². The minimum atomic E-state index is -4.32. The number of halogens is 3. The first-order chi connectivity index (χ1) is 8.55. The molecule has 3 rings (SSSR count). The number of fused-ring (bicyclic) bond motifs is 1. The van der Waals surface area contributed by atoms with Crippen LogP contribution >= 0.6 is 0 Å². The molecule has 1 aliphatic carbocycles. The van der Waals surface area contributed by atoms with E-state index in [1.807, 2.05) is 4.90 Å². The van der Waals surface area contributed by atoms with Gasteiger partial charge in [-0.1, -0.05) is 6.42 Å². The summed E-state index contributed by atoms with van der Waals surface area (Å²) in [5, 5.41) is 0. The summed E-state index contributed by atoms with van der Waals surface area (Å²) in [4.78, 5) is 5.78. The Labute approximate surface area is 104 Å². The van der Waals surface area contributed by atoms with Gasteiger partial charge in [-0.3, -0.25) is 0 Å². The lowest BCUT2D eigenvalue weighted by molar-refractivity contribution is -0.137. The third-order valence-electron chi connectivity index (χ3n) is 4.12. The molecular weight excluding hydrogens is 241 g/mol. The summed E-state index contributed by atoms with van der Waals surface area (Å²) in [6.07, 6.45) is 0.641. The molecule has 2 atom stereocenters. The van der Waals surface area contributed by atoms with E-state index in [-0.39, 0.29) is 5.82 Å². The fourth-order valence-corrected chi connectivity index (χ4v) is 3.28. The van der Waals surface area contributed by atoms with Crippen LogP contribution < -0.4 is 4.90 Å². The van der Waals surface area contributed by atoms with Crippen molar-refractivity contribution in [3.8, 4) is 0 Å². The van der Waals surface area contributed by atoms with E-state index in [1.165, 1.54) is 18.7 Å². The molecule has 5 heteroatoms. The fourth-order valence-electron chi connectivity index (χ4n) is 3.28. The Kier molecular flexibility index (Phi) is 2.72. The average molecular weight is 256 g/mol. The van der Waals surface area contributed by atoms with E-state index in [9.17, 15) is 13.2 Å². The second-order valence-electron chi connectivity index (χ2n) is 5.23. The Balaban J connectivity index is 1.89. The van der Waals surface area contributed by atoms with Crippen LogP contribution in [-0.4, -0.2) is 18.1 Å². The van der Waals surface area contributed by atoms with Crippen molar-refractivity contribution in [2.45, 2.75) is 25.4 Å². The molecule has 0 spiro atoms. The molecule has 2 nitrogen and oxygen atoms in total. The minimum absolute atomic E-state index is 0.111. The number of pyridine rings is 1. The van der Waals surface area contributed by atoms with Crippen molar-refractivity contribution in [3.05, 3.63) is 23.9 Å². The SMILES string of the molecule is FC(F)(F)c1cccnc1N1CC2CCCC2C1. The van der Waals surface area contributed by atoms with Crippen LogP contribution in [0.5, 0.6) is 0 Å². The van der Waals surface area contributed by atoms with E-state index < -0.39 is 11.7 Å². The van der Waals surface area contributed by atoms with Crippen molar-refractivity contribution in [1.82, 2.24) is 4.98 Å². The zero-order valence-electron chi connectivity index (χ0n) is 9.95. The van der Waals surface area contributed by atoms with Gasteiger partial charge >= 0.3 is 6.18 Å². The van der Waals surface area contributed by atoms with Crippen LogP contribution in [-0.2, 0) is 6.18 Å². The van der Waals surface area contributed by atoms with E-state index in [0.29, 0.717) is 11.8 Å². The Morgan fingerprint density at radius 1 is 1.17 bits per heavy atom. The van der Waals surface area contributed by atoms with Crippen molar-refractivity contribution >= 4 is 5.82 Å². The predicted molar refractivity (Wildman–Crippen MR) is 62.3 cm³/mol. The molecular formula is C13H15F3N2. The van der Waals surface area contributed by atoms with Crippen molar-refractivity contribution in [2.75, 3.05) is 18.0 Å². The molecule has 2 heterocycles. The summed E-state index contributed by atoms with van der Waals surface area (Å²) < 4.78 is 38.8. The van der Waals surface area contributed by atoms with Gasteiger partial charge in [-0.15, -0.1) is 0 Å². The second-order valence-corrected chi connectivity index (χ2v) is 5.23. The van der Waals surface area contributed by atoms with E-state index >= 15 is 0 Å². The van der Waals surface area contributed by atoms with Crippen molar-refractivity contribution in [1.29, 1.82) is 0 Å². The first-order valence-corrected chi connectivity index (χ1v) is 6.33. The standard InChI is InChI=1S/C13H15F3N2/c14-13(15,16)11-5-2-6-17-12(11)18-7-9-3-1-4-10(9)8-18/h2,5-6,9-10H,1,3-4,7-8H2. The third-order valence-corrected chi connectivity index (χ3v) is 4.12. The highest BCUT2D eigenvalue weighted by Gasteiger charge is 2.41. The molecule has 0 aromatic carbocycles. The lowest BCUT2D eigenvalue weighted by atomic mass is 10.0. The fraction of sp³-hybridized carbons (Fsp3) is 0.615. The molecule has 1 aromatic rings. The van der Waals surface area contributed by atoms with Gasteiger partial charge < -0.3 is 4.90 Å². The van der Waals surface area contributed by atoms with Crippen LogP contribution in [0.4, 0.5) is 19.0 Å². The molecule has 18 heavy (non-hydrogen) atoms. The number of rotatable bonds is 1. The summed E-state index contributed by atoms with van der Waals surface area (Å²) >= 11 is 0. The zero-order chi connectivity index (χ0) is 12.8. The van der Waals surface area contributed by atoms with Crippen molar-refractivity contribution < 1.29 is 13.2 Å². The molecule has 2 fully saturated rings. The van der Waals surface area contributed by atoms with Gasteiger partial charge in [-0.2, -0.15) is 13.2 Å². The average Bonchev–Trinajstić information content (AvgIpc) is 2.87. The first kappa shape index (κ1) is 11.8. The van der Waals surface area contributed by atoms with Gasteiger partial charge in [0.25, 0.3) is 0 Å². The molecule has 1 saturated carbocycles. The number of alkyl halides is 3. The maximum atomic E-state index is 12.9. The smallest absolute Gasteiger partial charge is 0.356 e. The number of hydrogen-bond acceptors (Lipinski definition) is 2. The van der Waals surface area contributed by atoms with E-state index in [2.05, 4.69) is 4.98 Å². The Hall–Kier alpha value is -1.26. The van der Waals surface area contributed by atoms with Crippen LogP contribution in [0.3, 0.4) is 0 Å². The van der Waals surface area contributed by atoms with Crippen LogP contribution in [0.1, 0.15) is 24.8 Å². The highest BCUT2D eigenvalue weighted by molar-refractivity contribution is 5.49. The van der Waals surface area contributed by atoms with Gasteiger partial charge in [0.2, 0.25) is 0 Å².